The summed E-state index contributed by atoms with van der Waals surface area (Å²) in [5.41, 5.74) is 8.51. The van der Waals surface area contributed by atoms with Crippen molar-refractivity contribution in [1.29, 1.82) is 0 Å². The summed E-state index contributed by atoms with van der Waals surface area (Å²) < 4.78 is 0. The predicted molar refractivity (Wildman–Crippen MR) is 77.1 cm³/mol. The summed E-state index contributed by atoms with van der Waals surface area (Å²) in [7, 11) is 0. The number of hydrogen-bond acceptors (Lipinski definition) is 3. The van der Waals surface area contributed by atoms with E-state index in [0.717, 1.165) is 30.6 Å². The Morgan fingerprint density at radius 3 is 2.67 bits per heavy atom. The van der Waals surface area contributed by atoms with Gasteiger partial charge in [0.2, 0.25) is 0 Å². The fourth-order valence-electron chi connectivity index (χ4n) is 2.69. The second-order valence-electron chi connectivity index (χ2n) is 5.41. The number of rotatable bonds is 4. The number of nitrogens with two attached hydrogens (primary N) is 1. The van der Waals surface area contributed by atoms with Gasteiger partial charge in [-0.25, -0.2) is 0 Å². The standard InChI is InChI=1S/C14H21ClN2O/c1-10-6-12(16)11(15)7-13(10)17-8-14(9-18)4-2-3-5-14/h6-7,17-18H,2-5,8-9,16H2,1H3. The third-order valence-electron chi connectivity index (χ3n) is 4.00. The highest BCUT2D eigenvalue weighted by molar-refractivity contribution is 6.33. The molecule has 0 aromatic heterocycles. The Kier molecular flexibility index (Phi) is 4.03. The van der Waals surface area contributed by atoms with Gasteiger partial charge in [-0.15, -0.1) is 0 Å². The van der Waals surface area contributed by atoms with Gasteiger partial charge < -0.3 is 16.2 Å². The first-order valence-corrected chi connectivity index (χ1v) is 6.84. The number of halogens is 1. The Morgan fingerprint density at radius 2 is 2.06 bits per heavy atom. The van der Waals surface area contributed by atoms with E-state index in [0.29, 0.717) is 10.7 Å². The second kappa shape index (κ2) is 5.37. The summed E-state index contributed by atoms with van der Waals surface area (Å²) in [6, 6.07) is 3.75. The maximum atomic E-state index is 9.58. The van der Waals surface area contributed by atoms with Gasteiger partial charge in [0.1, 0.15) is 0 Å². The van der Waals surface area contributed by atoms with E-state index in [-0.39, 0.29) is 12.0 Å². The largest absolute Gasteiger partial charge is 0.398 e. The van der Waals surface area contributed by atoms with Crippen LogP contribution in [0.15, 0.2) is 12.1 Å². The number of nitrogens with one attached hydrogen (secondary N) is 1. The van der Waals surface area contributed by atoms with Crippen LogP contribution in [-0.4, -0.2) is 18.3 Å². The number of aliphatic hydroxyl groups excluding tert-OH is 1. The molecule has 4 heteroatoms. The van der Waals surface area contributed by atoms with Crippen LogP contribution in [-0.2, 0) is 0 Å². The van der Waals surface area contributed by atoms with Crippen molar-refractivity contribution >= 4 is 23.0 Å². The molecular weight excluding hydrogens is 248 g/mol. The molecule has 1 fully saturated rings. The van der Waals surface area contributed by atoms with E-state index in [2.05, 4.69) is 5.32 Å². The van der Waals surface area contributed by atoms with Crippen LogP contribution in [0.5, 0.6) is 0 Å². The van der Waals surface area contributed by atoms with E-state index in [1.54, 1.807) is 0 Å². The number of aliphatic hydroxyl groups is 1. The topological polar surface area (TPSA) is 58.3 Å². The summed E-state index contributed by atoms with van der Waals surface area (Å²) in [4.78, 5) is 0. The van der Waals surface area contributed by atoms with Crippen molar-refractivity contribution in [1.82, 2.24) is 0 Å². The number of aryl methyl sites for hydroxylation is 1. The molecule has 1 aliphatic rings. The average Bonchev–Trinajstić information content (AvgIpc) is 2.82. The lowest BCUT2D eigenvalue weighted by Gasteiger charge is -2.27. The normalized spacial score (nSPS) is 17.9. The van der Waals surface area contributed by atoms with Crippen LogP contribution in [0.1, 0.15) is 31.2 Å². The van der Waals surface area contributed by atoms with Gasteiger partial charge in [0.15, 0.2) is 0 Å². The molecule has 4 N–H and O–H groups in total. The van der Waals surface area contributed by atoms with Crippen LogP contribution in [0, 0.1) is 12.3 Å². The smallest absolute Gasteiger partial charge is 0.0656 e. The van der Waals surface area contributed by atoms with E-state index < -0.39 is 0 Å². The highest BCUT2D eigenvalue weighted by Crippen LogP contribution is 2.38. The average molecular weight is 269 g/mol. The summed E-state index contributed by atoms with van der Waals surface area (Å²) in [6.45, 7) is 3.06. The molecule has 0 saturated heterocycles. The van der Waals surface area contributed by atoms with Crippen molar-refractivity contribution in [3.05, 3.63) is 22.7 Å². The Morgan fingerprint density at radius 1 is 1.39 bits per heavy atom. The van der Waals surface area contributed by atoms with E-state index in [1.165, 1.54) is 12.8 Å². The zero-order valence-electron chi connectivity index (χ0n) is 10.8. The minimum atomic E-state index is 0.0420. The predicted octanol–water partition coefficient (Wildman–Crippen LogP) is 3.20. The summed E-state index contributed by atoms with van der Waals surface area (Å²) in [6.07, 6.45) is 4.62. The second-order valence-corrected chi connectivity index (χ2v) is 5.81. The van der Waals surface area contributed by atoms with Gasteiger partial charge in [-0.3, -0.25) is 0 Å². The van der Waals surface area contributed by atoms with Crippen molar-refractivity contribution in [2.45, 2.75) is 32.6 Å². The van der Waals surface area contributed by atoms with Gasteiger partial charge in [-0.05, 0) is 37.5 Å². The van der Waals surface area contributed by atoms with E-state index >= 15 is 0 Å². The number of hydrogen-bond donors (Lipinski definition) is 3. The minimum absolute atomic E-state index is 0.0420. The van der Waals surface area contributed by atoms with Crippen molar-refractivity contribution < 1.29 is 5.11 Å². The van der Waals surface area contributed by atoms with Gasteiger partial charge in [0, 0.05) is 17.6 Å². The Bertz CT molecular complexity index is 428. The van der Waals surface area contributed by atoms with Gasteiger partial charge in [0.25, 0.3) is 0 Å². The monoisotopic (exact) mass is 268 g/mol. The minimum Gasteiger partial charge on any atom is -0.398 e. The summed E-state index contributed by atoms with van der Waals surface area (Å²) >= 11 is 6.04. The Balaban J connectivity index is 2.08. The molecule has 2 rings (SSSR count). The molecule has 0 atom stereocenters. The molecule has 18 heavy (non-hydrogen) atoms. The maximum Gasteiger partial charge on any atom is 0.0656 e. The highest BCUT2D eigenvalue weighted by atomic mass is 35.5. The Labute approximate surface area is 113 Å². The molecule has 1 saturated carbocycles. The fraction of sp³-hybridized carbons (Fsp3) is 0.571. The summed E-state index contributed by atoms with van der Waals surface area (Å²) in [5, 5.41) is 13.6. The van der Waals surface area contributed by atoms with Crippen LogP contribution >= 0.6 is 11.6 Å². The molecule has 3 nitrogen and oxygen atoms in total. The van der Waals surface area contributed by atoms with Gasteiger partial charge in [-0.2, -0.15) is 0 Å². The molecule has 0 bridgehead atoms. The fourth-order valence-corrected chi connectivity index (χ4v) is 2.86. The molecule has 1 aromatic carbocycles. The van der Waals surface area contributed by atoms with Gasteiger partial charge in [0.05, 0.1) is 17.3 Å². The van der Waals surface area contributed by atoms with E-state index in [4.69, 9.17) is 17.3 Å². The van der Waals surface area contributed by atoms with Crippen molar-refractivity contribution in [3.63, 3.8) is 0 Å². The van der Waals surface area contributed by atoms with Crippen LogP contribution < -0.4 is 11.1 Å². The molecule has 0 amide bonds. The molecule has 0 unspecified atom stereocenters. The lowest BCUT2D eigenvalue weighted by atomic mass is 9.87. The van der Waals surface area contributed by atoms with Crippen LogP contribution in [0.2, 0.25) is 5.02 Å². The SMILES string of the molecule is Cc1cc(N)c(Cl)cc1NCC1(CO)CCCC1. The molecule has 0 aliphatic heterocycles. The third-order valence-corrected chi connectivity index (χ3v) is 4.32. The first-order chi connectivity index (χ1) is 8.56. The molecule has 1 aliphatic carbocycles. The lowest BCUT2D eigenvalue weighted by Crippen LogP contribution is -2.30. The van der Waals surface area contributed by atoms with Crippen molar-refractivity contribution in [2.24, 2.45) is 5.41 Å². The number of nitrogen functional groups attached to an aromatic ring is 1. The first-order valence-electron chi connectivity index (χ1n) is 6.47. The Hall–Kier alpha value is -0.930. The quantitative estimate of drug-likeness (QED) is 0.735. The van der Waals surface area contributed by atoms with Crippen molar-refractivity contribution in [3.8, 4) is 0 Å². The van der Waals surface area contributed by atoms with Crippen LogP contribution in [0.4, 0.5) is 11.4 Å². The zero-order valence-corrected chi connectivity index (χ0v) is 11.6. The lowest BCUT2D eigenvalue weighted by molar-refractivity contribution is 0.142. The molecule has 0 heterocycles. The highest BCUT2D eigenvalue weighted by Gasteiger charge is 2.32. The number of anilines is 2. The number of benzene rings is 1. The third kappa shape index (κ3) is 2.73. The van der Waals surface area contributed by atoms with Crippen LogP contribution in [0.25, 0.3) is 0 Å². The maximum absolute atomic E-state index is 9.58. The van der Waals surface area contributed by atoms with Gasteiger partial charge in [-0.1, -0.05) is 24.4 Å². The van der Waals surface area contributed by atoms with Gasteiger partial charge >= 0.3 is 0 Å². The van der Waals surface area contributed by atoms with Crippen LogP contribution in [0.3, 0.4) is 0 Å². The summed E-state index contributed by atoms with van der Waals surface area (Å²) in [5.74, 6) is 0. The van der Waals surface area contributed by atoms with E-state index in [1.807, 2.05) is 19.1 Å². The molecule has 0 radical (unpaired) electrons. The first kappa shape index (κ1) is 13.5. The van der Waals surface area contributed by atoms with Crippen molar-refractivity contribution in [2.75, 3.05) is 24.2 Å². The molecule has 100 valence electrons. The molecular formula is C14H21ClN2O. The van der Waals surface area contributed by atoms with E-state index in [9.17, 15) is 5.11 Å². The molecule has 1 aromatic rings. The molecule has 0 spiro atoms. The zero-order chi connectivity index (χ0) is 13.2.